The number of carbonyl (C=O) groups is 1. The minimum Gasteiger partial charge on any atom is -0.480 e. The minimum absolute atomic E-state index is 0.507. The van der Waals surface area contributed by atoms with Crippen LogP contribution >= 0.6 is 11.8 Å². The molecule has 1 atom stereocenters. The molecule has 0 saturated carbocycles. The van der Waals surface area contributed by atoms with Crippen molar-refractivity contribution >= 4 is 17.7 Å². The molecular weight excluding hydrogens is 162 g/mol. The van der Waals surface area contributed by atoms with Crippen molar-refractivity contribution in [3.8, 4) is 0 Å². The minimum atomic E-state index is -0.916. The number of carboxylic acids is 1. The third kappa shape index (κ3) is 6.19. The Bertz CT molecular complexity index is 128. The summed E-state index contributed by atoms with van der Waals surface area (Å²) in [6, 6.07) is -0.709. The summed E-state index contributed by atoms with van der Waals surface area (Å²) in [6.45, 7) is 4.19. The second-order valence-electron chi connectivity index (χ2n) is 2.88. The average Bonchev–Trinajstić information content (AvgIpc) is 1.86. The summed E-state index contributed by atoms with van der Waals surface area (Å²) in [5.41, 5.74) is 5.28. The first kappa shape index (κ1) is 10.8. The molecule has 0 bridgehead atoms. The Morgan fingerprint density at radius 2 is 2.09 bits per heavy atom. The van der Waals surface area contributed by atoms with Crippen molar-refractivity contribution in [1.82, 2.24) is 0 Å². The van der Waals surface area contributed by atoms with Gasteiger partial charge in [-0.05, 0) is 11.7 Å². The fourth-order valence-corrected chi connectivity index (χ4v) is 1.51. The second kappa shape index (κ2) is 5.43. The molecule has 3 N–H and O–H groups in total. The number of carboxylic acid groups (broad SMARTS) is 1. The van der Waals surface area contributed by atoms with Crippen LogP contribution in [0.4, 0.5) is 0 Å². The first-order chi connectivity index (χ1) is 5.04. The maximum Gasteiger partial charge on any atom is 0.321 e. The molecule has 11 heavy (non-hydrogen) atoms. The van der Waals surface area contributed by atoms with Crippen LogP contribution in [0, 0.1) is 5.92 Å². The third-order valence-electron chi connectivity index (χ3n) is 1.07. The summed E-state index contributed by atoms with van der Waals surface area (Å²) in [6.07, 6.45) is 0. The van der Waals surface area contributed by atoms with Gasteiger partial charge in [0.05, 0.1) is 0 Å². The maximum absolute atomic E-state index is 10.2. The molecule has 0 heterocycles. The molecule has 0 aliphatic rings. The summed E-state index contributed by atoms with van der Waals surface area (Å²) in [5, 5.41) is 8.41. The van der Waals surface area contributed by atoms with Crippen LogP contribution in [0.2, 0.25) is 0 Å². The Hall–Kier alpha value is -0.220. The lowest BCUT2D eigenvalue weighted by molar-refractivity contribution is -0.137. The first-order valence-corrected chi connectivity index (χ1v) is 4.75. The summed E-state index contributed by atoms with van der Waals surface area (Å²) in [7, 11) is 0. The van der Waals surface area contributed by atoms with E-state index in [-0.39, 0.29) is 0 Å². The zero-order valence-electron chi connectivity index (χ0n) is 6.91. The van der Waals surface area contributed by atoms with Gasteiger partial charge in [-0.3, -0.25) is 4.79 Å². The van der Waals surface area contributed by atoms with Crippen LogP contribution in [0.15, 0.2) is 0 Å². The number of rotatable bonds is 5. The quantitative estimate of drug-likeness (QED) is 0.651. The smallest absolute Gasteiger partial charge is 0.321 e. The van der Waals surface area contributed by atoms with E-state index < -0.39 is 12.0 Å². The average molecular weight is 177 g/mol. The number of thioether (sulfide) groups is 1. The normalized spacial score (nSPS) is 13.5. The van der Waals surface area contributed by atoms with Crippen LogP contribution in [0.25, 0.3) is 0 Å². The monoisotopic (exact) mass is 177 g/mol. The number of hydrogen-bond acceptors (Lipinski definition) is 3. The molecule has 3 nitrogen and oxygen atoms in total. The number of hydrogen-bond donors (Lipinski definition) is 2. The van der Waals surface area contributed by atoms with Crippen molar-refractivity contribution in [3.05, 3.63) is 0 Å². The largest absolute Gasteiger partial charge is 0.480 e. The highest BCUT2D eigenvalue weighted by molar-refractivity contribution is 7.99. The summed E-state index contributed by atoms with van der Waals surface area (Å²) in [5.74, 6) is 1.16. The van der Waals surface area contributed by atoms with Crippen molar-refractivity contribution < 1.29 is 9.90 Å². The second-order valence-corrected chi connectivity index (χ2v) is 3.95. The van der Waals surface area contributed by atoms with Crippen molar-refractivity contribution in [2.24, 2.45) is 11.7 Å². The van der Waals surface area contributed by atoms with Crippen LogP contribution in [0.3, 0.4) is 0 Å². The Balaban J connectivity index is 3.31. The molecule has 4 heteroatoms. The van der Waals surface area contributed by atoms with Crippen LogP contribution in [-0.2, 0) is 4.79 Å². The third-order valence-corrected chi connectivity index (χ3v) is 2.56. The van der Waals surface area contributed by atoms with E-state index in [2.05, 4.69) is 13.8 Å². The van der Waals surface area contributed by atoms with Gasteiger partial charge < -0.3 is 10.8 Å². The Labute approximate surface area is 71.3 Å². The van der Waals surface area contributed by atoms with Crippen molar-refractivity contribution in [3.63, 3.8) is 0 Å². The first-order valence-electron chi connectivity index (χ1n) is 3.60. The van der Waals surface area contributed by atoms with E-state index >= 15 is 0 Å². The van der Waals surface area contributed by atoms with Crippen LogP contribution in [-0.4, -0.2) is 28.6 Å². The van der Waals surface area contributed by atoms with Crippen LogP contribution in [0.1, 0.15) is 13.8 Å². The molecule has 0 aromatic carbocycles. The van der Waals surface area contributed by atoms with E-state index in [0.29, 0.717) is 11.7 Å². The molecule has 66 valence electrons. The predicted octanol–water partition coefficient (Wildman–Crippen LogP) is 0.788. The maximum atomic E-state index is 10.2. The lowest BCUT2D eigenvalue weighted by atomic mass is 10.3. The fourth-order valence-electron chi connectivity index (χ4n) is 0.502. The summed E-state index contributed by atoms with van der Waals surface area (Å²) < 4.78 is 0. The number of nitrogens with two attached hydrogens (primary N) is 1. The van der Waals surface area contributed by atoms with E-state index in [9.17, 15) is 4.79 Å². The predicted molar refractivity (Wildman–Crippen MR) is 47.8 cm³/mol. The van der Waals surface area contributed by atoms with Crippen molar-refractivity contribution in [2.75, 3.05) is 11.5 Å². The van der Waals surface area contributed by atoms with Gasteiger partial charge in [0.15, 0.2) is 0 Å². The van der Waals surface area contributed by atoms with E-state index in [1.165, 1.54) is 0 Å². The zero-order valence-corrected chi connectivity index (χ0v) is 7.73. The van der Waals surface area contributed by atoms with Gasteiger partial charge >= 0.3 is 5.97 Å². The van der Waals surface area contributed by atoms with E-state index in [1.807, 2.05) is 0 Å². The highest BCUT2D eigenvalue weighted by Gasteiger charge is 2.10. The van der Waals surface area contributed by atoms with Gasteiger partial charge in [0.1, 0.15) is 6.04 Å². The van der Waals surface area contributed by atoms with Crippen LogP contribution < -0.4 is 5.73 Å². The van der Waals surface area contributed by atoms with Gasteiger partial charge in [-0.25, -0.2) is 0 Å². The van der Waals surface area contributed by atoms with Crippen molar-refractivity contribution in [2.45, 2.75) is 19.9 Å². The topological polar surface area (TPSA) is 63.3 Å². The highest BCUT2D eigenvalue weighted by Crippen LogP contribution is 2.07. The van der Waals surface area contributed by atoms with E-state index in [4.69, 9.17) is 10.8 Å². The molecule has 0 radical (unpaired) electrons. The molecule has 0 fully saturated rings. The molecule has 0 aliphatic heterocycles. The van der Waals surface area contributed by atoms with E-state index in [1.54, 1.807) is 11.8 Å². The lowest BCUT2D eigenvalue weighted by Gasteiger charge is -2.06. The Morgan fingerprint density at radius 1 is 1.55 bits per heavy atom. The lowest BCUT2D eigenvalue weighted by Crippen LogP contribution is -2.32. The standard InChI is InChI=1S/C7H15NO2S/c1-5(2)3-11-4-6(8)7(9)10/h5-6H,3-4,8H2,1-2H3,(H,9,10)/t6-/m1/s1. The number of aliphatic carboxylic acids is 1. The molecule has 0 rings (SSSR count). The van der Waals surface area contributed by atoms with Gasteiger partial charge in [-0.2, -0.15) is 11.8 Å². The summed E-state index contributed by atoms with van der Waals surface area (Å²) in [4.78, 5) is 10.2. The molecule has 0 unspecified atom stereocenters. The fraction of sp³-hybridized carbons (Fsp3) is 0.857. The molecule has 0 aromatic rings. The molecular formula is C7H15NO2S. The molecule has 0 spiro atoms. The van der Waals surface area contributed by atoms with Gasteiger partial charge in [0.2, 0.25) is 0 Å². The molecule has 0 aromatic heterocycles. The van der Waals surface area contributed by atoms with Crippen LogP contribution in [0.5, 0.6) is 0 Å². The molecule has 0 amide bonds. The molecule has 0 aliphatic carbocycles. The highest BCUT2D eigenvalue weighted by atomic mass is 32.2. The SMILES string of the molecule is CC(C)CSC[C@@H](N)C(=O)O. The van der Waals surface area contributed by atoms with Gasteiger partial charge in [-0.15, -0.1) is 0 Å². The van der Waals surface area contributed by atoms with Crippen molar-refractivity contribution in [1.29, 1.82) is 0 Å². The van der Waals surface area contributed by atoms with Gasteiger partial charge in [0.25, 0.3) is 0 Å². The zero-order chi connectivity index (χ0) is 8.85. The Kier molecular flexibility index (Phi) is 5.32. The summed E-state index contributed by atoms with van der Waals surface area (Å²) >= 11 is 1.59. The van der Waals surface area contributed by atoms with Gasteiger partial charge in [-0.1, -0.05) is 13.8 Å². The Morgan fingerprint density at radius 3 is 2.45 bits per heavy atom. The van der Waals surface area contributed by atoms with Gasteiger partial charge in [0, 0.05) is 5.75 Å². The van der Waals surface area contributed by atoms with E-state index in [0.717, 1.165) is 5.75 Å². The molecule has 0 saturated heterocycles.